The molecule has 1 amide bonds. The summed E-state index contributed by atoms with van der Waals surface area (Å²) in [6, 6.07) is 10.4. The van der Waals surface area contributed by atoms with Crippen molar-refractivity contribution in [1.82, 2.24) is 24.7 Å². The van der Waals surface area contributed by atoms with Gasteiger partial charge in [0.1, 0.15) is 6.04 Å². The van der Waals surface area contributed by atoms with Crippen LogP contribution in [-0.2, 0) is 17.8 Å². The van der Waals surface area contributed by atoms with E-state index < -0.39 is 0 Å². The fourth-order valence-corrected chi connectivity index (χ4v) is 3.85. The van der Waals surface area contributed by atoms with E-state index in [9.17, 15) is 4.79 Å². The quantitative estimate of drug-likeness (QED) is 0.712. The van der Waals surface area contributed by atoms with Crippen LogP contribution in [0.1, 0.15) is 49.3 Å². The highest BCUT2D eigenvalue weighted by molar-refractivity contribution is 5.83. The van der Waals surface area contributed by atoms with Crippen LogP contribution >= 0.6 is 0 Å². The molecule has 0 aliphatic carbocycles. The fourth-order valence-electron chi connectivity index (χ4n) is 3.85. The molecule has 2 aromatic rings. The maximum absolute atomic E-state index is 13.3. The summed E-state index contributed by atoms with van der Waals surface area (Å²) < 4.78 is 2.16. The zero-order valence-corrected chi connectivity index (χ0v) is 17.6. The molecule has 1 N–H and O–H groups in total. The average molecular weight is 384 g/mol. The van der Waals surface area contributed by atoms with Crippen LogP contribution in [-0.4, -0.2) is 59.0 Å². The Morgan fingerprint density at radius 1 is 1.29 bits per heavy atom. The van der Waals surface area contributed by atoms with Gasteiger partial charge in [-0.15, -0.1) is 0 Å². The molecule has 6 heteroatoms. The van der Waals surface area contributed by atoms with Crippen LogP contribution in [0, 0.1) is 0 Å². The number of rotatable bonds is 8. The molecule has 1 aliphatic rings. The Morgan fingerprint density at radius 3 is 2.71 bits per heavy atom. The first kappa shape index (κ1) is 20.6. The minimum Gasteiger partial charge on any atom is -0.354 e. The zero-order valence-electron chi connectivity index (χ0n) is 17.6. The molecule has 28 heavy (non-hydrogen) atoms. The van der Waals surface area contributed by atoms with E-state index in [4.69, 9.17) is 0 Å². The Morgan fingerprint density at radius 2 is 2.04 bits per heavy atom. The molecule has 0 fully saturated rings. The number of nitrogens with zero attached hydrogens (tertiary/aromatic N) is 4. The van der Waals surface area contributed by atoms with Crippen LogP contribution in [0.5, 0.6) is 0 Å². The lowest BCUT2D eigenvalue weighted by atomic mass is 10.00. The highest BCUT2D eigenvalue weighted by atomic mass is 16.2. The van der Waals surface area contributed by atoms with E-state index >= 15 is 0 Å². The van der Waals surface area contributed by atoms with Crippen LogP contribution in [0.3, 0.4) is 0 Å². The minimum atomic E-state index is -0.298. The van der Waals surface area contributed by atoms with Crippen molar-refractivity contribution in [2.75, 3.05) is 33.7 Å². The predicted molar refractivity (Wildman–Crippen MR) is 112 cm³/mol. The molecule has 0 bridgehead atoms. The van der Waals surface area contributed by atoms with Crippen molar-refractivity contribution in [3.8, 4) is 0 Å². The van der Waals surface area contributed by atoms with Gasteiger partial charge in [0.15, 0.2) is 0 Å². The SMILES string of the molecule is CC(C)n1cnc2c1C(C(=O)NCCCN(C)C)N(Cc1ccccc1)CC2. The van der Waals surface area contributed by atoms with Crippen molar-refractivity contribution in [3.05, 3.63) is 53.6 Å². The summed E-state index contributed by atoms with van der Waals surface area (Å²) in [7, 11) is 4.11. The number of aromatic nitrogens is 2. The third kappa shape index (κ3) is 4.80. The molecule has 0 saturated heterocycles. The van der Waals surface area contributed by atoms with Gasteiger partial charge in [0.25, 0.3) is 0 Å². The molecule has 1 aromatic heterocycles. The summed E-state index contributed by atoms with van der Waals surface area (Å²) in [5.41, 5.74) is 3.35. The van der Waals surface area contributed by atoms with E-state index in [2.05, 4.69) is 76.9 Å². The molecule has 0 radical (unpaired) electrons. The molecule has 152 valence electrons. The fraction of sp³-hybridized carbons (Fsp3) is 0.545. The highest BCUT2D eigenvalue weighted by Gasteiger charge is 2.36. The summed E-state index contributed by atoms with van der Waals surface area (Å²) in [4.78, 5) is 22.3. The van der Waals surface area contributed by atoms with Crippen LogP contribution in [0.4, 0.5) is 0 Å². The van der Waals surface area contributed by atoms with E-state index in [-0.39, 0.29) is 18.0 Å². The number of carbonyl (C=O) groups is 1. The standard InChI is InChI=1S/C22H33N5O/c1-17(2)27-16-24-19-11-14-26(15-18-9-6-5-7-10-18)21(20(19)27)22(28)23-12-8-13-25(3)4/h5-7,9-10,16-17,21H,8,11-15H2,1-4H3,(H,23,28). The number of nitrogens with one attached hydrogen (secondary N) is 1. The number of fused-ring (bicyclic) bond motifs is 1. The summed E-state index contributed by atoms with van der Waals surface area (Å²) in [6.45, 7) is 7.55. The number of hydrogen-bond donors (Lipinski definition) is 1. The van der Waals surface area contributed by atoms with Crippen molar-refractivity contribution >= 4 is 5.91 Å². The second-order valence-corrected chi connectivity index (χ2v) is 8.13. The third-order valence-electron chi connectivity index (χ3n) is 5.29. The maximum Gasteiger partial charge on any atom is 0.243 e. The van der Waals surface area contributed by atoms with Gasteiger partial charge in [0.2, 0.25) is 5.91 Å². The number of carbonyl (C=O) groups excluding carboxylic acids is 1. The Balaban J connectivity index is 1.83. The molecule has 2 heterocycles. The Bertz CT molecular complexity index is 768. The first-order valence-corrected chi connectivity index (χ1v) is 10.2. The van der Waals surface area contributed by atoms with Crippen LogP contribution < -0.4 is 5.32 Å². The summed E-state index contributed by atoms with van der Waals surface area (Å²) in [5, 5.41) is 3.17. The van der Waals surface area contributed by atoms with Crippen LogP contribution in [0.25, 0.3) is 0 Å². The van der Waals surface area contributed by atoms with Crippen LogP contribution in [0.15, 0.2) is 36.7 Å². The summed E-state index contributed by atoms with van der Waals surface area (Å²) >= 11 is 0. The van der Waals surface area contributed by atoms with Gasteiger partial charge >= 0.3 is 0 Å². The number of imidazole rings is 1. The largest absolute Gasteiger partial charge is 0.354 e. The smallest absolute Gasteiger partial charge is 0.243 e. The minimum absolute atomic E-state index is 0.0815. The predicted octanol–water partition coefficient (Wildman–Crippen LogP) is 2.63. The molecule has 3 rings (SSSR count). The second-order valence-electron chi connectivity index (χ2n) is 8.13. The lowest BCUT2D eigenvalue weighted by Gasteiger charge is -2.36. The molecular formula is C22H33N5O. The van der Waals surface area contributed by atoms with Crippen molar-refractivity contribution in [3.63, 3.8) is 0 Å². The van der Waals surface area contributed by atoms with E-state index in [1.807, 2.05) is 12.4 Å². The number of amides is 1. The van der Waals surface area contributed by atoms with E-state index in [0.29, 0.717) is 6.54 Å². The van der Waals surface area contributed by atoms with Gasteiger partial charge in [-0.3, -0.25) is 9.69 Å². The zero-order chi connectivity index (χ0) is 20.1. The van der Waals surface area contributed by atoms with Gasteiger partial charge in [-0.2, -0.15) is 0 Å². The van der Waals surface area contributed by atoms with Crippen molar-refractivity contribution in [1.29, 1.82) is 0 Å². The molecule has 0 saturated carbocycles. The van der Waals surface area contributed by atoms with Crippen LogP contribution in [0.2, 0.25) is 0 Å². The van der Waals surface area contributed by atoms with Gasteiger partial charge < -0.3 is 14.8 Å². The van der Waals surface area contributed by atoms with Gasteiger partial charge in [-0.05, 0) is 46.5 Å². The van der Waals surface area contributed by atoms with Gasteiger partial charge in [-0.25, -0.2) is 4.98 Å². The number of hydrogen-bond acceptors (Lipinski definition) is 4. The molecule has 1 atom stereocenters. The third-order valence-corrected chi connectivity index (χ3v) is 5.29. The Labute approximate surface area is 168 Å². The van der Waals surface area contributed by atoms with E-state index in [1.54, 1.807) is 0 Å². The summed E-state index contributed by atoms with van der Waals surface area (Å²) in [6.07, 6.45) is 3.72. The van der Waals surface area contributed by atoms with Crippen molar-refractivity contribution < 1.29 is 4.79 Å². The van der Waals surface area contributed by atoms with Gasteiger partial charge in [0.05, 0.1) is 17.7 Å². The van der Waals surface area contributed by atoms with Crippen molar-refractivity contribution in [2.45, 2.75) is 45.3 Å². The van der Waals surface area contributed by atoms with Crippen molar-refractivity contribution in [2.24, 2.45) is 0 Å². The Hall–Kier alpha value is -2.18. The first-order valence-electron chi connectivity index (χ1n) is 10.2. The van der Waals surface area contributed by atoms with E-state index in [1.165, 1.54) is 5.56 Å². The van der Waals surface area contributed by atoms with Gasteiger partial charge in [-0.1, -0.05) is 30.3 Å². The molecule has 1 unspecified atom stereocenters. The lowest BCUT2D eigenvalue weighted by molar-refractivity contribution is -0.127. The molecule has 0 spiro atoms. The maximum atomic E-state index is 13.3. The lowest BCUT2D eigenvalue weighted by Crippen LogP contribution is -2.45. The Kier molecular flexibility index (Phi) is 6.86. The summed E-state index contributed by atoms with van der Waals surface area (Å²) in [5.74, 6) is 0.0815. The second kappa shape index (κ2) is 9.34. The van der Waals surface area contributed by atoms with Gasteiger partial charge in [0, 0.05) is 32.1 Å². The monoisotopic (exact) mass is 383 g/mol. The highest BCUT2D eigenvalue weighted by Crippen LogP contribution is 2.32. The molecule has 1 aromatic carbocycles. The first-order chi connectivity index (χ1) is 13.5. The van der Waals surface area contributed by atoms with E-state index in [0.717, 1.165) is 43.9 Å². The topological polar surface area (TPSA) is 53.4 Å². The molecule has 6 nitrogen and oxygen atoms in total. The molecule has 1 aliphatic heterocycles. The normalized spacial score (nSPS) is 17.1. The number of benzene rings is 1. The molecular weight excluding hydrogens is 350 g/mol. The average Bonchev–Trinajstić information content (AvgIpc) is 3.10.